The van der Waals surface area contributed by atoms with Gasteiger partial charge in [-0.3, -0.25) is 0 Å². The van der Waals surface area contributed by atoms with Crippen LogP contribution in [-0.4, -0.2) is 24.2 Å². The zero-order valence-corrected chi connectivity index (χ0v) is 15.2. The average Bonchev–Trinajstić information content (AvgIpc) is 2.62. The zero-order chi connectivity index (χ0) is 18.7. The molecule has 0 aliphatic carbocycles. The number of nitrogens with one attached hydrogen (secondary N) is 1. The van der Waals surface area contributed by atoms with Gasteiger partial charge in [0, 0.05) is 5.41 Å². The fraction of sp³-hybridized carbons (Fsp3) is 0.333. The van der Waals surface area contributed by atoms with E-state index in [0.717, 1.165) is 16.7 Å². The number of hydrogen-bond acceptors (Lipinski definition) is 4. The lowest BCUT2D eigenvalue weighted by atomic mass is 9.81. The fourth-order valence-electron chi connectivity index (χ4n) is 2.87. The van der Waals surface area contributed by atoms with E-state index in [1.165, 1.54) is 0 Å². The van der Waals surface area contributed by atoms with E-state index in [2.05, 4.69) is 5.32 Å². The van der Waals surface area contributed by atoms with Gasteiger partial charge in [0.15, 0.2) is 6.04 Å². The van der Waals surface area contributed by atoms with Gasteiger partial charge >= 0.3 is 12.1 Å². The van der Waals surface area contributed by atoms with Crippen LogP contribution in [0.15, 0.2) is 54.6 Å². The molecular weight excluding hydrogens is 330 g/mol. The number of ether oxygens (including phenoxy) is 2. The van der Waals surface area contributed by atoms with Gasteiger partial charge in [0.2, 0.25) is 0 Å². The van der Waals surface area contributed by atoms with Crippen molar-refractivity contribution in [2.24, 2.45) is 5.41 Å². The molecule has 1 fully saturated rings. The molecule has 0 saturated carbocycles. The summed E-state index contributed by atoms with van der Waals surface area (Å²) >= 11 is 0. The molecule has 5 heteroatoms. The number of benzene rings is 2. The van der Waals surface area contributed by atoms with E-state index in [9.17, 15) is 9.59 Å². The first-order chi connectivity index (χ1) is 12.3. The molecule has 1 aliphatic heterocycles. The second kappa shape index (κ2) is 7.20. The number of carbonyl (C=O) groups excluding carboxylic acids is 2. The molecule has 1 N–H and O–H groups in total. The number of hydrogen-bond donors (Lipinski definition) is 1. The highest BCUT2D eigenvalue weighted by atomic mass is 16.6. The molecule has 2 atom stereocenters. The Morgan fingerprint density at radius 1 is 1.04 bits per heavy atom. The summed E-state index contributed by atoms with van der Waals surface area (Å²) in [6.07, 6.45) is -0.958. The fourth-order valence-corrected chi connectivity index (χ4v) is 2.87. The van der Waals surface area contributed by atoms with Crippen LogP contribution >= 0.6 is 0 Å². The second-order valence-electron chi connectivity index (χ2n) is 7.48. The molecular formula is C21H23NO4. The number of cyclic esters (lactones) is 1. The zero-order valence-electron chi connectivity index (χ0n) is 15.2. The van der Waals surface area contributed by atoms with Gasteiger partial charge in [0.1, 0.15) is 12.7 Å². The molecule has 1 heterocycles. The average molecular weight is 353 g/mol. The van der Waals surface area contributed by atoms with E-state index in [1.54, 1.807) is 0 Å². The van der Waals surface area contributed by atoms with Crippen LogP contribution in [0.4, 0.5) is 4.79 Å². The van der Waals surface area contributed by atoms with E-state index in [4.69, 9.17) is 9.47 Å². The molecule has 136 valence electrons. The van der Waals surface area contributed by atoms with Crippen molar-refractivity contribution in [2.75, 3.05) is 0 Å². The number of esters is 1. The van der Waals surface area contributed by atoms with E-state index in [-0.39, 0.29) is 18.1 Å². The van der Waals surface area contributed by atoms with Crippen LogP contribution in [0.3, 0.4) is 0 Å². The van der Waals surface area contributed by atoms with Crippen molar-refractivity contribution in [3.8, 4) is 11.1 Å². The van der Waals surface area contributed by atoms with Gasteiger partial charge in [0.05, 0.1) is 0 Å². The van der Waals surface area contributed by atoms with Crippen LogP contribution in [0.1, 0.15) is 26.3 Å². The topological polar surface area (TPSA) is 64.6 Å². The minimum atomic E-state index is -0.650. The van der Waals surface area contributed by atoms with E-state index in [1.807, 2.05) is 75.4 Å². The summed E-state index contributed by atoms with van der Waals surface area (Å²) in [6.45, 7) is 6.01. The van der Waals surface area contributed by atoms with Gasteiger partial charge in [-0.2, -0.15) is 0 Å². The Balaban J connectivity index is 1.53. The highest BCUT2D eigenvalue weighted by Gasteiger charge is 2.50. The van der Waals surface area contributed by atoms with Crippen molar-refractivity contribution >= 4 is 12.1 Å². The Hall–Kier alpha value is -2.82. The lowest BCUT2D eigenvalue weighted by Crippen LogP contribution is -2.64. The third kappa shape index (κ3) is 4.04. The van der Waals surface area contributed by atoms with Crippen LogP contribution in [0.25, 0.3) is 11.1 Å². The van der Waals surface area contributed by atoms with Crippen molar-refractivity contribution in [3.05, 3.63) is 60.2 Å². The summed E-state index contributed by atoms with van der Waals surface area (Å²) in [5.41, 5.74) is 2.88. The highest BCUT2D eigenvalue weighted by Crippen LogP contribution is 2.32. The Bertz CT molecular complexity index is 778. The number of alkyl carbamates (subject to hydrolysis) is 1. The molecule has 26 heavy (non-hydrogen) atoms. The van der Waals surface area contributed by atoms with E-state index < -0.39 is 18.1 Å². The third-order valence-electron chi connectivity index (χ3n) is 4.36. The van der Waals surface area contributed by atoms with Crippen molar-refractivity contribution in [3.63, 3.8) is 0 Å². The predicted octanol–water partition coefficient (Wildman–Crippen LogP) is 3.92. The lowest BCUT2D eigenvalue weighted by molar-refractivity contribution is -0.188. The molecule has 0 aromatic heterocycles. The molecule has 3 rings (SSSR count). The molecule has 1 amide bonds. The van der Waals surface area contributed by atoms with Crippen molar-refractivity contribution in [2.45, 2.75) is 39.5 Å². The summed E-state index contributed by atoms with van der Waals surface area (Å²) in [5, 5.41) is 2.59. The maximum absolute atomic E-state index is 12.0. The van der Waals surface area contributed by atoms with Gasteiger partial charge in [-0.1, -0.05) is 75.4 Å². The summed E-state index contributed by atoms with van der Waals surface area (Å²) < 4.78 is 10.4. The quantitative estimate of drug-likeness (QED) is 0.846. The Kier molecular flexibility index (Phi) is 4.98. The van der Waals surface area contributed by atoms with Gasteiger partial charge in [-0.25, -0.2) is 9.59 Å². The number of rotatable bonds is 4. The molecule has 0 bridgehead atoms. The largest absolute Gasteiger partial charge is 0.457 e. The molecule has 5 nitrogen and oxygen atoms in total. The maximum Gasteiger partial charge on any atom is 0.408 e. The predicted molar refractivity (Wildman–Crippen MR) is 98.3 cm³/mol. The first-order valence-electron chi connectivity index (χ1n) is 8.63. The Morgan fingerprint density at radius 2 is 1.65 bits per heavy atom. The van der Waals surface area contributed by atoms with Crippen molar-refractivity contribution in [1.82, 2.24) is 5.32 Å². The van der Waals surface area contributed by atoms with Crippen LogP contribution in [0, 0.1) is 5.41 Å². The van der Waals surface area contributed by atoms with Gasteiger partial charge in [-0.05, 0) is 16.7 Å². The van der Waals surface area contributed by atoms with Gasteiger partial charge in [0.25, 0.3) is 0 Å². The first-order valence-corrected chi connectivity index (χ1v) is 8.63. The molecule has 0 spiro atoms. The first kappa shape index (κ1) is 18.0. The SMILES string of the molecule is CC(C)(C)C1OC(=O)C1NC(=O)OCc1ccc(-c2ccccc2)cc1. The van der Waals surface area contributed by atoms with E-state index >= 15 is 0 Å². The summed E-state index contributed by atoms with van der Waals surface area (Å²) in [5.74, 6) is -0.422. The van der Waals surface area contributed by atoms with Crippen LogP contribution in [0.5, 0.6) is 0 Å². The minimum absolute atomic E-state index is 0.142. The van der Waals surface area contributed by atoms with Gasteiger partial charge in [-0.15, -0.1) is 0 Å². The molecule has 1 aliphatic rings. The summed E-state index contributed by atoms with van der Waals surface area (Å²) in [7, 11) is 0. The molecule has 2 unspecified atom stereocenters. The Labute approximate surface area is 153 Å². The minimum Gasteiger partial charge on any atom is -0.457 e. The molecule has 1 saturated heterocycles. The number of amides is 1. The number of carbonyl (C=O) groups is 2. The van der Waals surface area contributed by atoms with Crippen LogP contribution in [-0.2, 0) is 20.9 Å². The maximum atomic E-state index is 12.0. The standard InChI is InChI=1S/C21H23NO4/c1-21(2,3)18-17(19(23)26-18)22-20(24)25-13-14-9-11-16(12-10-14)15-7-5-4-6-8-15/h4-12,17-18H,13H2,1-3H3,(H,22,24). The van der Waals surface area contributed by atoms with Gasteiger partial charge < -0.3 is 14.8 Å². The summed E-state index contributed by atoms with van der Waals surface area (Å²) in [4.78, 5) is 23.6. The Morgan fingerprint density at radius 3 is 2.23 bits per heavy atom. The normalized spacial score (nSPS) is 19.3. The smallest absolute Gasteiger partial charge is 0.408 e. The monoisotopic (exact) mass is 353 g/mol. The van der Waals surface area contributed by atoms with Crippen molar-refractivity contribution < 1.29 is 19.1 Å². The molecule has 0 radical (unpaired) electrons. The second-order valence-corrected chi connectivity index (χ2v) is 7.48. The third-order valence-corrected chi connectivity index (χ3v) is 4.36. The van der Waals surface area contributed by atoms with E-state index in [0.29, 0.717) is 0 Å². The highest BCUT2D eigenvalue weighted by molar-refractivity contribution is 5.86. The molecule has 2 aromatic rings. The molecule has 2 aromatic carbocycles. The van der Waals surface area contributed by atoms with Crippen LogP contribution < -0.4 is 5.32 Å². The van der Waals surface area contributed by atoms with Crippen molar-refractivity contribution in [1.29, 1.82) is 0 Å². The lowest BCUT2D eigenvalue weighted by Gasteiger charge is -2.42. The van der Waals surface area contributed by atoms with Crippen LogP contribution in [0.2, 0.25) is 0 Å². The summed E-state index contributed by atoms with van der Waals surface area (Å²) in [6, 6.07) is 17.2.